The van der Waals surface area contributed by atoms with E-state index in [1.54, 1.807) is 0 Å². The second-order valence-corrected chi connectivity index (χ2v) is 8.57. The van der Waals surface area contributed by atoms with Crippen LogP contribution in [0, 0.1) is 12.7 Å². The van der Waals surface area contributed by atoms with Crippen molar-refractivity contribution in [3.05, 3.63) is 65.1 Å². The van der Waals surface area contributed by atoms with E-state index in [0.29, 0.717) is 0 Å². The Kier molecular flexibility index (Phi) is 5.44. The summed E-state index contributed by atoms with van der Waals surface area (Å²) in [6, 6.07) is 6.99. The molecule has 0 aliphatic heterocycles. The van der Waals surface area contributed by atoms with Gasteiger partial charge in [-0.3, -0.25) is 0 Å². The van der Waals surface area contributed by atoms with Crippen LogP contribution in [0.4, 0.5) is 26.3 Å². The maximum atomic E-state index is 14.3. The zero-order valence-electron chi connectivity index (χ0n) is 15.5. The standard InChI is InChI=1S/C19H14F6N2O2S/c1-10-7-11(3-5-13(10)19(23,24)25)16-9-15(18(21)22)26-27(16)12-4-6-17(14(20)8-12)30(2,28)29/h3-9,18H,1-2H3. The molecule has 0 N–H and O–H groups in total. The lowest BCUT2D eigenvalue weighted by atomic mass is 10.0. The molecule has 0 saturated carbocycles. The molecule has 0 spiro atoms. The highest BCUT2D eigenvalue weighted by atomic mass is 32.2. The number of alkyl halides is 5. The van der Waals surface area contributed by atoms with Crippen molar-refractivity contribution in [2.24, 2.45) is 0 Å². The Morgan fingerprint density at radius 2 is 1.70 bits per heavy atom. The molecule has 0 radical (unpaired) electrons. The summed E-state index contributed by atoms with van der Waals surface area (Å²) < 4.78 is 104. The lowest BCUT2D eigenvalue weighted by Gasteiger charge is -2.13. The van der Waals surface area contributed by atoms with Gasteiger partial charge in [0.25, 0.3) is 6.43 Å². The fourth-order valence-electron chi connectivity index (χ4n) is 2.97. The summed E-state index contributed by atoms with van der Waals surface area (Å²) in [5, 5.41) is 3.72. The van der Waals surface area contributed by atoms with Gasteiger partial charge in [-0.15, -0.1) is 0 Å². The van der Waals surface area contributed by atoms with Crippen LogP contribution in [0.15, 0.2) is 47.4 Å². The van der Waals surface area contributed by atoms with Crippen molar-refractivity contribution in [3.63, 3.8) is 0 Å². The van der Waals surface area contributed by atoms with Gasteiger partial charge < -0.3 is 0 Å². The van der Waals surface area contributed by atoms with Gasteiger partial charge in [-0.1, -0.05) is 6.07 Å². The number of aromatic nitrogens is 2. The van der Waals surface area contributed by atoms with Crippen LogP contribution in [0.2, 0.25) is 0 Å². The highest BCUT2D eigenvalue weighted by Crippen LogP contribution is 2.35. The average Bonchev–Trinajstić information content (AvgIpc) is 3.05. The second-order valence-electron chi connectivity index (χ2n) is 6.58. The Morgan fingerprint density at radius 1 is 1.03 bits per heavy atom. The summed E-state index contributed by atoms with van der Waals surface area (Å²) in [4.78, 5) is -0.584. The van der Waals surface area contributed by atoms with Gasteiger partial charge in [-0.05, 0) is 42.8 Å². The summed E-state index contributed by atoms with van der Waals surface area (Å²) in [6.45, 7) is 1.22. The minimum atomic E-state index is -4.58. The van der Waals surface area contributed by atoms with E-state index in [9.17, 15) is 34.8 Å². The minimum Gasteiger partial charge on any atom is -0.233 e. The summed E-state index contributed by atoms with van der Waals surface area (Å²) >= 11 is 0. The van der Waals surface area contributed by atoms with Crippen molar-refractivity contribution in [1.82, 2.24) is 9.78 Å². The van der Waals surface area contributed by atoms with E-state index in [-0.39, 0.29) is 22.5 Å². The van der Waals surface area contributed by atoms with E-state index >= 15 is 0 Å². The number of benzene rings is 2. The second kappa shape index (κ2) is 7.46. The summed E-state index contributed by atoms with van der Waals surface area (Å²) in [7, 11) is -3.86. The van der Waals surface area contributed by atoms with Crippen molar-refractivity contribution in [1.29, 1.82) is 0 Å². The van der Waals surface area contributed by atoms with Crippen molar-refractivity contribution in [2.45, 2.75) is 24.4 Å². The van der Waals surface area contributed by atoms with E-state index in [2.05, 4.69) is 5.10 Å². The molecular formula is C19H14F6N2O2S. The van der Waals surface area contributed by atoms with Crippen molar-refractivity contribution in [2.75, 3.05) is 6.26 Å². The van der Waals surface area contributed by atoms with Crippen LogP contribution in [0.3, 0.4) is 0 Å². The molecule has 3 rings (SSSR count). The van der Waals surface area contributed by atoms with Gasteiger partial charge in [0, 0.05) is 17.9 Å². The molecule has 3 aromatic rings. The highest BCUT2D eigenvalue weighted by molar-refractivity contribution is 7.90. The third kappa shape index (κ3) is 4.20. The zero-order valence-corrected chi connectivity index (χ0v) is 16.3. The minimum absolute atomic E-state index is 0.00590. The predicted molar refractivity (Wildman–Crippen MR) is 96.8 cm³/mol. The van der Waals surface area contributed by atoms with Gasteiger partial charge in [-0.2, -0.15) is 18.3 Å². The van der Waals surface area contributed by atoms with Crippen LogP contribution in [0.5, 0.6) is 0 Å². The number of aryl methyl sites for hydroxylation is 1. The Morgan fingerprint density at radius 3 is 2.20 bits per heavy atom. The molecule has 0 fully saturated rings. The molecule has 4 nitrogen and oxygen atoms in total. The molecule has 30 heavy (non-hydrogen) atoms. The largest absolute Gasteiger partial charge is 0.416 e. The third-order valence-electron chi connectivity index (χ3n) is 4.34. The van der Waals surface area contributed by atoms with Crippen molar-refractivity contribution >= 4 is 9.84 Å². The smallest absolute Gasteiger partial charge is 0.233 e. The van der Waals surface area contributed by atoms with Crippen LogP contribution < -0.4 is 0 Å². The number of hydrogen-bond donors (Lipinski definition) is 0. The summed E-state index contributed by atoms with van der Waals surface area (Å²) in [5.74, 6) is -1.11. The highest BCUT2D eigenvalue weighted by Gasteiger charge is 2.32. The van der Waals surface area contributed by atoms with E-state index in [1.807, 2.05) is 0 Å². The summed E-state index contributed by atoms with van der Waals surface area (Å²) in [5.41, 5.74) is -1.62. The van der Waals surface area contributed by atoms with E-state index in [1.165, 1.54) is 13.0 Å². The first-order chi connectivity index (χ1) is 13.8. The van der Waals surface area contributed by atoms with Gasteiger partial charge in [-0.25, -0.2) is 26.3 Å². The van der Waals surface area contributed by atoms with Gasteiger partial charge in [0.1, 0.15) is 16.4 Å². The Hall–Kier alpha value is -2.82. The van der Waals surface area contributed by atoms with Crippen molar-refractivity contribution in [3.8, 4) is 16.9 Å². The molecule has 160 valence electrons. The first-order valence-electron chi connectivity index (χ1n) is 8.35. The van der Waals surface area contributed by atoms with Crippen LogP contribution in [-0.2, 0) is 16.0 Å². The zero-order chi connectivity index (χ0) is 22.4. The topological polar surface area (TPSA) is 52.0 Å². The lowest BCUT2D eigenvalue weighted by molar-refractivity contribution is -0.138. The maximum Gasteiger partial charge on any atom is 0.416 e. The first kappa shape index (κ1) is 21.9. The molecule has 2 aromatic carbocycles. The number of rotatable bonds is 4. The van der Waals surface area contributed by atoms with Gasteiger partial charge in [0.05, 0.1) is 16.9 Å². The maximum absolute atomic E-state index is 14.3. The van der Waals surface area contributed by atoms with Gasteiger partial charge in [0.2, 0.25) is 0 Å². The monoisotopic (exact) mass is 448 g/mol. The number of nitrogens with zero attached hydrogens (tertiary/aromatic N) is 2. The molecule has 1 heterocycles. The fraction of sp³-hybridized carbons (Fsp3) is 0.211. The quantitative estimate of drug-likeness (QED) is 0.506. The molecular weight excluding hydrogens is 434 g/mol. The molecule has 0 amide bonds. The van der Waals surface area contributed by atoms with E-state index in [4.69, 9.17) is 0 Å². The molecule has 0 saturated heterocycles. The van der Waals surface area contributed by atoms with Crippen LogP contribution in [-0.4, -0.2) is 24.5 Å². The Balaban J connectivity index is 2.19. The predicted octanol–water partition coefficient (Wildman–Crippen LogP) is 5.35. The fourth-order valence-corrected chi connectivity index (χ4v) is 3.70. The number of hydrogen-bond acceptors (Lipinski definition) is 3. The van der Waals surface area contributed by atoms with Crippen LogP contribution in [0.1, 0.15) is 23.2 Å². The summed E-state index contributed by atoms with van der Waals surface area (Å²) in [6.07, 6.45) is -6.76. The normalized spacial score (nSPS) is 12.6. The molecule has 0 atom stereocenters. The molecule has 11 heteroatoms. The van der Waals surface area contributed by atoms with E-state index in [0.717, 1.165) is 47.3 Å². The van der Waals surface area contributed by atoms with Crippen LogP contribution >= 0.6 is 0 Å². The molecule has 0 bridgehead atoms. The first-order valence-corrected chi connectivity index (χ1v) is 10.2. The lowest BCUT2D eigenvalue weighted by Crippen LogP contribution is -2.08. The van der Waals surface area contributed by atoms with Crippen molar-refractivity contribution < 1.29 is 34.8 Å². The van der Waals surface area contributed by atoms with Crippen LogP contribution in [0.25, 0.3) is 16.9 Å². The third-order valence-corrected chi connectivity index (χ3v) is 5.47. The SMILES string of the molecule is Cc1cc(-c2cc(C(F)F)nn2-c2ccc(S(C)(=O)=O)c(F)c2)ccc1C(F)(F)F. The number of sulfone groups is 1. The molecule has 0 unspecified atom stereocenters. The molecule has 1 aromatic heterocycles. The van der Waals surface area contributed by atoms with Gasteiger partial charge in [0.15, 0.2) is 9.84 Å². The number of halogens is 6. The average molecular weight is 448 g/mol. The molecule has 0 aliphatic rings. The molecule has 0 aliphatic carbocycles. The Bertz CT molecular complexity index is 1220. The van der Waals surface area contributed by atoms with Gasteiger partial charge >= 0.3 is 6.18 Å². The van der Waals surface area contributed by atoms with E-state index < -0.39 is 44.4 Å². The Labute approximate surface area is 167 Å².